The predicted octanol–water partition coefficient (Wildman–Crippen LogP) is 5.94. The summed E-state index contributed by atoms with van der Waals surface area (Å²) in [4.78, 5) is 44.7. The normalized spacial score (nSPS) is 17.9. The predicted molar refractivity (Wildman–Crippen MR) is 205 cm³/mol. The molecule has 2 fully saturated rings. The van der Waals surface area contributed by atoms with Crippen molar-refractivity contribution < 1.29 is 29.0 Å². The van der Waals surface area contributed by atoms with Crippen molar-refractivity contribution in [3.63, 3.8) is 0 Å². The van der Waals surface area contributed by atoms with E-state index in [0.29, 0.717) is 30.9 Å². The number of piperidine rings is 1. The zero-order valence-corrected chi connectivity index (χ0v) is 30.1. The first-order valence-electron chi connectivity index (χ1n) is 18.1. The van der Waals surface area contributed by atoms with E-state index in [0.717, 1.165) is 89.1 Å². The third-order valence-electron chi connectivity index (χ3n) is 10.2. The molecule has 11 nitrogen and oxygen atoms in total. The Morgan fingerprint density at radius 1 is 0.849 bits per heavy atom. The van der Waals surface area contributed by atoms with Crippen LogP contribution in [0.25, 0.3) is 20.5 Å². The zero-order valence-electron chi connectivity index (χ0n) is 29.3. The van der Waals surface area contributed by atoms with E-state index in [2.05, 4.69) is 32.6 Å². The Labute approximate surface area is 311 Å². The number of rotatable bonds is 12. The third-order valence-corrected chi connectivity index (χ3v) is 11.4. The van der Waals surface area contributed by atoms with Crippen LogP contribution in [-0.4, -0.2) is 96.0 Å². The number of thiophene rings is 1. The monoisotopic (exact) mass is 731 g/mol. The fourth-order valence-electron chi connectivity index (χ4n) is 7.29. The summed E-state index contributed by atoms with van der Waals surface area (Å²) < 4.78 is 13.5. The minimum absolute atomic E-state index is 0.159. The number of piperazine rings is 1. The first-order chi connectivity index (χ1) is 25.9. The number of nitrogens with one attached hydrogen (secondary N) is 2. The lowest BCUT2D eigenvalue weighted by atomic mass is 10.0. The van der Waals surface area contributed by atoms with Gasteiger partial charge in [0.1, 0.15) is 29.9 Å². The Balaban J connectivity index is 0.780. The molecule has 4 heterocycles. The Morgan fingerprint density at radius 3 is 2.38 bits per heavy atom. The van der Waals surface area contributed by atoms with Crippen LogP contribution in [0.1, 0.15) is 28.8 Å². The number of phenols is 1. The van der Waals surface area contributed by atoms with Gasteiger partial charge in [-0.25, -0.2) is 0 Å². The highest BCUT2D eigenvalue weighted by Crippen LogP contribution is 2.47. The fraction of sp³-hybridized carbons (Fsp3) is 0.293. The van der Waals surface area contributed by atoms with Gasteiger partial charge in [-0.15, -0.1) is 11.3 Å². The van der Waals surface area contributed by atoms with Crippen molar-refractivity contribution in [2.75, 3.05) is 57.7 Å². The number of nitrogens with zero attached hydrogens (tertiary/aromatic N) is 3. The molecule has 8 rings (SSSR count). The van der Waals surface area contributed by atoms with Gasteiger partial charge in [0.2, 0.25) is 11.8 Å². The largest absolute Gasteiger partial charge is 0.508 e. The Kier molecular flexibility index (Phi) is 9.98. The van der Waals surface area contributed by atoms with Gasteiger partial charge >= 0.3 is 0 Å². The number of carbonyl (C=O) groups excluding carboxylic acids is 3. The summed E-state index contributed by atoms with van der Waals surface area (Å²) >= 11 is 1.60. The smallest absolute Gasteiger partial charge is 0.255 e. The van der Waals surface area contributed by atoms with Gasteiger partial charge in [-0.1, -0.05) is 36.4 Å². The summed E-state index contributed by atoms with van der Waals surface area (Å²) in [6, 6.07) is 28.3. The van der Waals surface area contributed by atoms with Crippen molar-refractivity contribution >= 4 is 44.8 Å². The lowest BCUT2D eigenvalue weighted by Crippen LogP contribution is -2.52. The van der Waals surface area contributed by atoms with Crippen molar-refractivity contribution in [1.82, 2.24) is 20.0 Å². The number of ether oxygens (including phenoxy) is 2. The van der Waals surface area contributed by atoms with Crippen molar-refractivity contribution in [3.05, 3.63) is 102 Å². The van der Waals surface area contributed by atoms with Gasteiger partial charge in [0.15, 0.2) is 5.75 Å². The first kappa shape index (κ1) is 34.6. The third kappa shape index (κ3) is 7.57. The molecule has 0 bridgehead atoms. The minimum atomic E-state index is -0.618. The SMILES string of the molecule is O=C1CCC(N2Cc3c(NCCN4CCN(CCOc5ccc(Oc6c(-c7ccccc7)sc7cc(O)ccc67)cc5)CC4)cccc3C2=O)C(=O)N1. The average molecular weight is 732 g/mol. The van der Waals surface area contributed by atoms with E-state index in [1.165, 1.54) is 0 Å². The molecule has 53 heavy (non-hydrogen) atoms. The van der Waals surface area contributed by atoms with E-state index in [1.54, 1.807) is 28.4 Å². The second-order valence-corrected chi connectivity index (χ2v) is 14.6. The number of hydrogen-bond acceptors (Lipinski definition) is 10. The lowest BCUT2D eigenvalue weighted by molar-refractivity contribution is -0.136. The van der Waals surface area contributed by atoms with Gasteiger partial charge in [0.25, 0.3) is 5.91 Å². The van der Waals surface area contributed by atoms with E-state index in [4.69, 9.17) is 9.47 Å². The molecule has 272 valence electrons. The van der Waals surface area contributed by atoms with E-state index in [1.807, 2.05) is 66.7 Å². The molecule has 0 saturated carbocycles. The second-order valence-electron chi connectivity index (χ2n) is 13.6. The molecule has 3 amide bonds. The van der Waals surface area contributed by atoms with E-state index >= 15 is 0 Å². The number of imide groups is 1. The van der Waals surface area contributed by atoms with Crippen molar-refractivity contribution in [2.24, 2.45) is 0 Å². The topological polar surface area (TPSA) is 124 Å². The number of fused-ring (bicyclic) bond motifs is 2. The number of hydrogen-bond donors (Lipinski definition) is 3. The van der Waals surface area contributed by atoms with Crippen LogP contribution in [0.15, 0.2) is 91.0 Å². The summed E-state index contributed by atoms with van der Waals surface area (Å²) in [7, 11) is 0. The molecule has 1 aromatic heterocycles. The van der Waals surface area contributed by atoms with Crippen LogP contribution >= 0.6 is 11.3 Å². The lowest BCUT2D eigenvalue weighted by Gasteiger charge is -2.34. The molecule has 4 aromatic carbocycles. The highest BCUT2D eigenvalue weighted by atomic mass is 32.1. The number of carbonyl (C=O) groups is 3. The van der Waals surface area contributed by atoms with Gasteiger partial charge in [0, 0.05) is 85.7 Å². The Morgan fingerprint density at radius 2 is 1.60 bits per heavy atom. The molecular formula is C41H41N5O6S. The van der Waals surface area contributed by atoms with Crippen LogP contribution in [0.2, 0.25) is 0 Å². The molecule has 5 aromatic rings. The van der Waals surface area contributed by atoms with E-state index < -0.39 is 11.9 Å². The molecule has 12 heteroatoms. The molecule has 0 radical (unpaired) electrons. The van der Waals surface area contributed by atoms with Crippen molar-refractivity contribution in [1.29, 1.82) is 0 Å². The summed E-state index contributed by atoms with van der Waals surface area (Å²) in [6.07, 6.45) is 0.596. The quantitative estimate of drug-likeness (QED) is 0.134. The number of anilines is 1. The Bertz CT molecular complexity index is 2130. The maximum atomic E-state index is 13.1. The molecule has 3 aliphatic heterocycles. The number of phenolic OH excluding ortho intramolecular Hbond substituents is 1. The van der Waals surface area contributed by atoms with Crippen LogP contribution in [0.4, 0.5) is 5.69 Å². The highest BCUT2D eigenvalue weighted by Gasteiger charge is 2.39. The van der Waals surface area contributed by atoms with E-state index in [-0.39, 0.29) is 24.0 Å². The molecule has 2 saturated heterocycles. The fourth-order valence-corrected chi connectivity index (χ4v) is 8.46. The summed E-state index contributed by atoms with van der Waals surface area (Å²) in [5, 5.41) is 16.9. The minimum Gasteiger partial charge on any atom is -0.508 e. The average Bonchev–Trinajstić information content (AvgIpc) is 3.70. The van der Waals surface area contributed by atoms with Gasteiger partial charge in [-0.3, -0.25) is 29.5 Å². The number of aromatic hydroxyl groups is 1. The molecule has 0 aliphatic carbocycles. The summed E-state index contributed by atoms with van der Waals surface area (Å²) in [5.74, 6) is 1.68. The van der Waals surface area contributed by atoms with Crippen molar-refractivity contribution in [3.8, 4) is 33.4 Å². The maximum absolute atomic E-state index is 13.1. The van der Waals surface area contributed by atoms with Crippen LogP contribution < -0.4 is 20.1 Å². The van der Waals surface area contributed by atoms with Crippen LogP contribution in [0.3, 0.4) is 0 Å². The van der Waals surface area contributed by atoms with Crippen LogP contribution in [0, 0.1) is 0 Å². The van der Waals surface area contributed by atoms with Crippen LogP contribution in [0.5, 0.6) is 23.0 Å². The standard InChI is InChI=1S/C41H41N5O6S/c47-28-9-14-32-36(25-28)53-39(27-5-2-1-3-6-27)38(32)52-30-12-10-29(11-13-30)51-24-23-45-21-19-44(20-22-45)18-17-42-34-8-4-7-31-33(34)26-46(41(31)50)35-15-16-37(48)43-40(35)49/h1-14,25,35,42,47H,15-24,26H2,(H,43,48,49). The maximum Gasteiger partial charge on any atom is 0.255 e. The zero-order chi connectivity index (χ0) is 36.3. The highest BCUT2D eigenvalue weighted by molar-refractivity contribution is 7.22. The van der Waals surface area contributed by atoms with Crippen LogP contribution in [-0.2, 0) is 16.1 Å². The van der Waals surface area contributed by atoms with Gasteiger partial charge in [-0.05, 0) is 66.6 Å². The van der Waals surface area contributed by atoms with Gasteiger partial charge in [-0.2, -0.15) is 0 Å². The Hall–Kier alpha value is -5.43. The summed E-state index contributed by atoms with van der Waals surface area (Å²) in [5.41, 5.74) is 3.51. The first-order valence-corrected chi connectivity index (χ1v) is 18.9. The molecule has 3 aliphatic rings. The molecule has 3 N–H and O–H groups in total. The molecule has 1 atom stereocenters. The summed E-state index contributed by atoms with van der Waals surface area (Å²) in [6.45, 7) is 7.25. The molecule has 0 spiro atoms. The number of benzene rings is 4. The number of amides is 3. The molecular weight excluding hydrogens is 691 g/mol. The van der Waals surface area contributed by atoms with Crippen molar-refractivity contribution in [2.45, 2.75) is 25.4 Å². The second kappa shape index (κ2) is 15.3. The molecule has 1 unspecified atom stereocenters. The van der Waals surface area contributed by atoms with Gasteiger partial charge in [0.05, 0.1) is 4.88 Å². The van der Waals surface area contributed by atoms with Gasteiger partial charge < -0.3 is 24.8 Å². The van der Waals surface area contributed by atoms with E-state index in [9.17, 15) is 19.5 Å².